The maximum Gasteiger partial charge on any atom is 0.319 e. The third-order valence-electron chi connectivity index (χ3n) is 8.95. The van der Waals surface area contributed by atoms with Gasteiger partial charge in [-0.15, -0.1) is 11.3 Å². The number of halogens is 1. The van der Waals surface area contributed by atoms with Crippen molar-refractivity contribution < 1.29 is 23.4 Å². The van der Waals surface area contributed by atoms with E-state index in [1.54, 1.807) is 18.3 Å². The highest BCUT2D eigenvalue weighted by molar-refractivity contribution is 7.22. The van der Waals surface area contributed by atoms with E-state index < -0.39 is 5.82 Å². The van der Waals surface area contributed by atoms with Crippen molar-refractivity contribution in [2.24, 2.45) is 5.92 Å². The lowest BCUT2D eigenvalue weighted by molar-refractivity contribution is 0.141. The first-order chi connectivity index (χ1) is 24.6. The predicted octanol–water partition coefficient (Wildman–Crippen LogP) is 9.55. The summed E-state index contributed by atoms with van der Waals surface area (Å²) in [6.45, 7) is 3.17. The van der Waals surface area contributed by atoms with E-state index in [-0.39, 0.29) is 17.8 Å². The molecule has 2 amide bonds. The molecular weight excluding hydrogens is 654 g/mol. The van der Waals surface area contributed by atoms with Crippen LogP contribution in [0.2, 0.25) is 0 Å². The summed E-state index contributed by atoms with van der Waals surface area (Å²) in [7, 11) is 0. The Balaban J connectivity index is 0.911. The number of urea groups is 1. The van der Waals surface area contributed by atoms with Crippen molar-refractivity contribution in [1.29, 1.82) is 0 Å². The first-order valence-corrected chi connectivity index (χ1v) is 18.3. The molecule has 3 aromatic heterocycles. The highest BCUT2D eigenvalue weighted by Gasteiger charge is 2.23. The van der Waals surface area contributed by atoms with Crippen LogP contribution in [0.15, 0.2) is 79.1 Å². The second-order valence-electron chi connectivity index (χ2n) is 12.9. The molecule has 2 fully saturated rings. The Kier molecular flexibility index (Phi) is 11.0. The number of pyridine rings is 2. The number of nitrogens with zero attached hydrogens (tertiary/aromatic N) is 2. The average Bonchev–Trinajstić information content (AvgIpc) is 3.89. The minimum absolute atomic E-state index is 0.0594. The van der Waals surface area contributed by atoms with Gasteiger partial charge in [0, 0.05) is 67.8 Å². The first-order valence-electron chi connectivity index (χ1n) is 17.5. The molecule has 9 nitrogen and oxygen atoms in total. The van der Waals surface area contributed by atoms with Crippen LogP contribution >= 0.6 is 11.3 Å². The third kappa shape index (κ3) is 9.28. The maximum atomic E-state index is 15.0. The Labute approximate surface area is 295 Å². The molecule has 260 valence electrons. The Morgan fingerprint density at radius 2 is 1.88 bits per heavy atom. The van der Waals surface area contributed by atoms with E-state index in [4.69, 9.17) is 19.2 Å². The fraction of sp³-hybridized carbons (Fsp3) is 0.359. The van der Waals surface area contributed by atoms with Crippen LogP contribution in [0.25, 0.3) is 20.8 Å². The summed E-state index contributed by atoms with van der Waals surface area (Å²) in [4.78, 5) is 22.2. The van der Waals surface area contributed by atoms with E-state index in [9.17, 15) is 9.18 Å². The van der Waals surface area contributed by atoms with Crippen LogP contribution < -0.4 is 25.4 Å². The third-order valence-corrected chi connectivity index (χ3v) is 10.1. The summed E-state index contributed by atoms with van der Waals surface area (Å²) in [6, 6.07) is 20.1. The Bertz CT molecular complexity index is 1890. The number of nitrogens with one attached hydrogen (secondary N) is 3. The SMILES string of the molecule is O=C(Nc1ccc(Oc2ccnc3cc(-c4ccc(CNc5cccc(OCCCCC6CCCOCC6)c5)cn4)sc23)c(F)c1)NC1CC1. The summed E-state index contributed by atoms with van der Waals surface area (Å²) in [5, 5.41) is 8.97. The number of unbranched alkanes of at least 4 members (excludes halogenated alkanes) is 1. The Morgan fingerprint density at radius 1 is 0.940 bits per heavy atom. The summed E-state index contributed by atoms with van der Waals surface area (Å²) in [5.41, 5.74) is 3.95. The molecule has 1 saturated carbocycles. The molecule has 0 radical (unpaired) electrons. The minimum atomic E-state index is -0.576. The van der Waals surface area contributed by atoms with Gasteiger partial charge in [-0.2, -0.15) is 0 Å². The number of hydrogen-bond acceptors (Lipinski definition) is 8. The molecule has 1 atom stereocenters. The van der Waals surface area contributed by atoms with Crippen molar-refractivity contribution in [3.63, 3.8) is 0 Å². The average molecular weight is 696 g/mol. The molecule has 2 aliphatic rings. The zero-order valence-electron chi connectivity index (χ0n) is 28.0. The number of carbonyl (C=O) groups is 1. The molecule has 1 aliphatic heterocycles. The number of amides is 2. The van der Waals surface area contributed by atoms with Crippen molar-refractivity contribution in [3.8, 4) is 27.8 Å². The van der Waals surface area contributed by atoms with Gasteiger partial charge >= 0.3 is 6.03 Å². The van der Waals surface area contributed by atoms with E-state index in [0.717, 1.165) is 82.8 Å². The van der Waals surface area contributed by atoms with Crippen molar-refractivity contribution >= 4 is 39.0 Å². The molecule has 2 aromatic carbocycles. The van der Waals surface area contributed by atoms with Crippen LogP contribution in [0.3, 0.4) is 0 Å². The minimum Gasteiger partial charge on any atom is -0.494 e. The molecule has 7 rings (SSSR count). The van der Waals surface area contributed by atoms with Crippen molar-refractivity contribution in [2.45, 2.75) is 64.0 Å². The summed E-state index contributed by atoms with van der Waals surface area (Å²) in [5.74, 6) is 1.65. The second-order valence-corrected chi connectivity index (χ2v) is 14.0. The van der Waals surface area contributed by atoms with Gasteiger partial charge in [-0.05, 0) is 92.8 Å². The van der Waals surface area contributed by atoms with E-state index in [1.807, 2.05) is 42.6 Å². The van der Waals surface area contributed by atoms with Gasteiger partial charge in [0.05, 0.1) is 27.4 Å². The molecule has 3 N–H and O–H groups in total. The number of ether oxygens (including phenoxy) is 3. The standard InChI is InChI=1S/C39H42FN5O4S/c40-32-22-30(45-39(46)44-28-10-11-28)12-14-35(32)49-36-15-17-41-34-23-37(50-38(34)36)33-13-9-27(25-43-33)24-42-29-7-3-8-31(21-29)48-19-2-1-5-26-6-4-18-47-20-16-26/h3,7-9,12-15,17,21-23,25-26,28,42H,1-2,4-6,10-11,16,18-20,24H2,(H2,44,45,46). The number of anilines is 2. The predicted molar refractivity (Wildman–Crippen MR) is 196 cm³/mol. The van der Waals surface area contributed by atoms with E-state index >= 15 is 0 Å². The van der Waals surface area contributed by atoms with Crippen LogP contribution in [0.1, 0.15) is 56.9 Å². The zero-order valence-corrected chi connectivity index (χ0v) is 28.8. The van der Waals surface area contributed by atoms with Crippen molar-refractivity contribution in [3.05, 3.63) is 90.5 Å². The fourth-order valence-corrected chi connectivity index (χ4v) is 7.08. The van der Waals surface area contributed by atoms with Gasteiger partial charge in [0.15, 0.2) is 11.6 Å². The number of thiophene rings is 1. The lowest BCUT2D eigenvalue weighted by atomic mass is 9.95. The van der Waals surface area contributed by atoms with Gasteiger partial charge in [0.25, 0.3) is 0 Å². The number of carbonyl (C=O) groups excluding carboxylic acids is 1. The molecule has 1 unspecified atom stereocenters. The molecule has 11 heteroatoms. The number of fused-ring (bicyclic) bond motifs is 1. The summed E-state index contributed by atoms with van der Waals surface area (Å²) in [6.07, 6.45) is 12.6. The number of hydrogen-bond donors (Lipinski definition) is 3. The largest absolute Gasteiger partial charge is 0.494 e. The molecule has 1 saturated heterocycles. The molecule has 0 spiro atoms. The highest BCUT2D eigenvalue weighted by atomic mass is 32.1. The lowest BCUT2D eigenvalue weighted by Crippen LogP contribution is -2.30. The molecule has 4 heterocycles. The fourth-order valence-electron chi connectivity index (χ4n) is 6.04. The van der Waals surface area contributed by atoms with Crippen LogP contribution in [-0.4, -0.2) is 41.9 Å². The van der Waals surface area contributed by atoms with Crippen LogP contribution in [-0.2, 0) is 11.3 Å². The second kappa shape index (κ2) is 16.3. The Hall–Kier alpha value is -4.74. The maximum absolute atomic E-state index is 15.0. The number of aromatic nitrogens is 2. The van der Waals surface area contributed by atoms with Gasteiger partial charge in [0.2, 0.25) is 0 Å². The molecule has 5 aromatic rings. The monoisotopic (exact) mass is 695 g/mol. The van der Waals surface area contributed by atoms with Crippen LogP contribution in [0.5, 0.6) is 17.2 Å². The first kappa shape index (κ1) is 33.7. The summed E-state index contributed by atoms with van der Waals surface area (Å²) >= 11 is 1.49. The van der Waals surface area contributed by atoms with Gasteiger partial charge < -0.3 is 30.2 Å². The summed E-state index contributed by atoms with van der Waals surface area (Å²) < 4.78 is 33.4. The van der Waals surface area contributed by atoms with Crippen LogP contribution in [0.4, 0.5) is 20.6 Å². The van der Waals surface area contributed by atoms with Gasteiger partial charge in [-0.1, -0.05) is 18.6 Å². The number of benzene rings is 2. The van der Waals surface area contributed by atoms with E-state index in [0.29, 0.717) is 18.0 Å². The molecule has 50 heavy (non-hydrogen) atoms. The van der Waals surface area contributed by atoms with Crippen molar-refractivity contribution in [1.82, 2.24) is 15.3 Å². The lowest BCUT2D eigenvalue weighted by Gasteiger charge is -2.13. The zero-order chi connectivity index (χ0) is 34.1. The molecular formula is C39H42FN5O4S. The van der Waals surface area contributed by atoms with Gasteiger partial charge in [-0.25, -0.2) is 9.18 Å². The normalized spacial score (nSPS) is 16.1. The van der Waals surface area contributed by atoms with E-state index in [1.165, 1.54) is 55.6 Å². The topological polar surface area (TPSA) is 107 Å². The van der Waals surface area contributed by atoms with E-state index in [2.05, 4.69) is 27.0 Å². The Morgan fingerprint density at radius 3 is 2.74 bits per heavy atom. The quantitative estimate of drug-likeness (QED) is 0.0994. The number of rotatable bonds is 14. The highest BCUT2D eigenvalue weighted by Crippen LogP contribution is 2.39. The van der Waals surface area contributed by atoms with Crippen LogP contribution in [0, 0.1) is 11.7 Å². The molecule has 1 aliphatic carbocycles. The molecule has 0 bridgehead atoms. The van der Waals surface area contributed by atoms with Gasteiger partial charge in [0.1, 0.15) is 11.5 Å². The smallest absolute Gasteiger partial charge is 0.319 e. The van der Waals surface area contributed by atoms with Gasteiger partial charge in [-0.3, -0.25) is 9.97 Å². The van der Waals surface area contributed by atoms with Crippen molar-refractivity contribution in [2.75, 3.05) is 30.5 Å².